The number of aliphatic hydroxyl groups is 1. The second-order valence-corrected chi connectivity index (χ2v) is 7.51. The van der Waals surface area contributed by atoms with E-state index in [0.29, 0.717) is 23.6 Å². The van der Waals surface area contributed by atoms with Crippen LogP contribution in [0.5, 0.6) is 5.75 Å². The Morgan fingerprint density at radius 1 is 1.14 bits per heavy atom. The third-order valence-corrected chi connectivity index (χ3v) is 5.74. The molecule has 0 radical (unpaired) electrons. The van der Waals surface area contributed by atoms with Gasteiger partial charge >= 0.3 is 6.18 Å². The zero-order chi connectivity index (χ0) is 20.1. The SMILES string of the molecule is Cc1nc(N2CC[C@@H]3CCC[C@@H](O)[C@@H]32)nnc1-c1ccc(C(F)(F)F)cc1O. The fourth-order valence-electron chi connectivity index (χ4n) is 4.38. The molecule has 2 N–H and O–H groups in total. The number of alkyl halides is 3. The van der Waals surface area contributed by atoms with Crippen LogP contribution in [0, 0.1) is 12.8 Å². The third-order valence-electron chi connectivity index (χ3n) is 5.74. The Balaban J connectivity index is 1.64. The maximum Gasteiger partial charge on any atom is 0.416 e. The summed E-state index contributed by atoms with van der Waals surface area (Å²) in [5.41, 5.74) is -0.101. The van der Waals surface area contributed by atoms with Gasteiger partial charge in [-0.3, -0.25) is 0 Å². The lowest BCUT2D eigenvalue weighted by atomic mass is 9.83. The first-order valence-corrected chi connectivity index (χ1v) is 9.32. The number of rotatable bonds is 2. The zero-order valence-corrected chi connectivity index (χ0v) is 15.3. The van der Waals surface area contributed by atoms with Crippen molar-refractivity contribution in [1.29, 1.82) is 0 Å². The molecule has 0 spiro atoms. The lowest BCUT2D eigenvalue weighted by molar-refractivity contribution is -0.137. The van der Waals surface area contributed by atoms with Gasteiger partial charge in [-0.15, -0.1) is 10.2 Å². The van der Waals surface area contributed by atoms with Gasteiger partial charge in [-0.1, -0.05) is 6.42 Å². The van der Waals surface area contributed by atoms with Crippen LogP contribution in [0.1, 0.15) is 36.9 Å². The summed E-state index contributed by atoms with van der Waals surface area (Å²) in [6.45, 7) is 2.41. The molecule has 2 aromatic rings. The molecule has 28 heavy (non-hydrogen) atoms. The molecule has 2 heterocycles. The van der Waals surface area contributed by atoms with E-state index in [1.165, 1.54) is 6.07 Å². The number of anilines is 1. The monoisotopic (exact) mass is 394 g/mol. The molecule has 0 bridgehead atoms. The first kappa shape index (κ1) is 18.9. The highest BCUT2D eigenvalue weighted by molar-refractivity contribution is 5.69. The van der Waals surface area contributed by atoms with E-state index in [0.717, 1.165) is 38.3 Å². The Morgan fingerprint density at radius 2 is 1.93 bits per heavy atom. The van der Waals surface area contributed by atoms with Gasteiger partial charge in [0.1, 0.15) is 11.4 Å². The van der Waals surface area contributed by atoms with Crippen LogP contribution in [0.4, 0.5) is 19.1 Å². The highest BCUT2D eigenvalue weighted by Crippen LogP contribution is 2.39. The molecule has 0 amide bonds. The topological polar surface area (TPSA) is 82.4 Å². The highest BCUT2D eigenvalue weighted by Gasteiger charge is 2.42. The predicted octanol–water partition coefficient (Wildman–Crippen LogP) is 3.31. The second-order valence-electron chi connectivity index (χ2n) is 7.51. The van der Waals surface area contributed by atoms with Crippen molar-refractivity contribution < 1.29 is 23.4 Å². The van der Waals surface area contributed by atoms with Crippen LogP contribution in [-0.4, -0.2) is 44.1 Å². The number of aromatic nitrogens is 3. The molecule has 9 heteroatoms. The van der Waals surface area contributed by atoms with Crippen molar-refractivity contribution in [1.82, 2.24) is 15.2 Å². The molecule has 1 saturated carbocycles. The summed E-state index contributed by atoms with van der Waals surface area (Å²) < 4.78 is 38.4. The van der Waals surface area contributed by atoms with Gasteiger partial charge in [0.2, 0.25) is 5.95 Å². The molecule has 3 atom stereocenters. The number of phenolic OH excluding ortho intramolecular Hbond substituents is 1. The van der Waals surface area contributed by atoms with Gasteiger partial charge in [0.15, 0.2) is 0 Å². The summed E-state index contributed by atoms with van der Waals surface area (Å²) in [4.78, 5) is 6.45. The number of aryl methyl sites for hydroxylation is 1. The Bertz CT molecular complexity index is 890. The van der Waals surface area contributed by atoms with Crippen LogP contribution in [0.3, 0.4) is 0 Å². The quantitative estimate of drug-likeness (QED) is 0.813. The van der Waals surface area contributed by atoms with Crippen LogP contribution in [0.25, 0.3) is 11.3 Å². The number of fused-ring (bicyclic) bond motifs is 1. The summed E-state index contributed by atoms with van der Waals surface area (Å²) >= 11 is 0. The van der Waals surface area contributed by atoms with E-state index in [1.54, 1.807) is 6.92 Å². The Labute approximate surface area is 160 Å². The summed E-state index contributed by atoms with van der Waals surface area (Å²) in [6.07, 6.45) is -1.16. The highest BCUT2D eigenvalue weighted by atomic mass is 19.4. The van der Waals surface area contributed by atoms with Crippen LogP contribution >= 0.6 is 0 Å². The number of phenols is 1. The molecule has 6 nitrogen and oxygen atoms in total. The molecule has 150 valence electrons. The maximum atomic E-state index is 12.8. The van der Waals surface area contributed by atoms with Crippen LogP contribution < -0.4 is 4.90 Å². The Morgan fingerprint density at radius 3 is 2.61 bits per heavy atom. The average molecular weight is 394 g/mol. The van der Waals surface area contributed by atoms with Crippen LogP contribution in [0.2, 0.25) is 0 Å². The lowest BCUT2D eigenvalue weighted by Gasteiger charge is -2.35. The summed E-state index contributed by atoms with van der Waals surface area (Å²) in [7, 11) is 0. The molecule has 1 aliphatic heterocycles. The fraction of sp³-hybridized carbons (Fsp3) is 0.526. The maximum absolute atomic E-state index is 12.8. The van der Waals surface area contributed by atoms with Crippen molar-refractivity contribution in [3.63, 3.8) is 0 Å². The molecule has 1 aliphatic carbocycles. The minimum atomic E-state index is -4.54. The summed E-state index contributed by atoms with van der Waals surface area (Å²) in [5, 5.41) is 28.7. The van der Waals surface area contributed by atoms with Crippen LogP contribution in [-0.2, 0) is 6.18 Å². The standard InChI is InChI=1S/C19H21F3N4O2/c1-10-16(13-6-5-12(9-15(13)28)19(20,21)22)24-25-18(23-10)26-8-7-11-3-2-4-14(27)17(11)26/h5-6,9,11,14,17,27-28H,2-4,7-8H2,1H3/t11-,14+,17+/m0/s1. The minimum absolute atomic E-state index is 0.0275. The Kier molecular flexibility index (Phi) is 4.65. The Hall–Kier alpha value is -2.42. The van der Waals surface area contributed by atoms with Crippen molar-refractivity contribution in [3.8, 4) is 17.0 Å². The number of aromatic hydroxyl groups is 1. The molecular weight excluding hydrogens is 373 g/mol. The third kappa shape index (κ3) is 3.28. The molecular formula is C19H21F3N4O2. The molecule has 1 saturated heterocycles. The minimum Gasteiger partial charge on any atom is -0.507 e. The van der Waals surface area contributed by atoms with Gasteiger partial charge in [0, 0.05) is 12.1 Å². The normalized spacial score (nSPS) is 25.0. The van der Waals surface area contributed by atoms with Crippen molar-refractivity contribution in [2.24, 2.45) is 5.92 Å². The molecule has 2 fully saturated rings. The van der Waals surface area contributed by atoms with Crippen LogP contribution in [0.15, 0.2) is 18.2 Å². The fourth-order valence-corrected chi connectivity index (χ4v) is 4.38. The number of hydrogen-bond acceptors (Lipinski definition) is 6. The number of aliphatic hydroxyl groups excluding tert-OH is 1. The van der Waals surface area contributed by atoms with Gasteiger partial charge in [0.25, 0.3) is 0 Å². The smallest absolute Gasteiger partial charge is 0.416 e. The predicted molar refractivity (Wildman–Crippen MR) is 95.8 cm³/mol. The number of halogens is 3. The summed E-state index contributed by atoms with van der Waals surface area (Å²) in [5.74, 6) is 0.290. The van der Waals surface area contributed by atoms with Gasteiger partial charge in [-0.2, -0.15) is 13.2 Å². The van der Waals surface area contributed by atoms with E-state index < -0.39 is 23.6 Å². The largest absolute Gasteiger partial charge is 0.507 e. The number of benzene rings is 1. The van der Waals surface area contributed by atoms with Crippen molar-refractivity contribution in [2.45, 2.75) is 50.9 Å². The van der Waals surface area contributed by atoms with E-state index in [9.17, 15) is 23.4 Å². The first-order chi connectivity index (χ1) is 13.3. The van der Waals surface area contributed by atoms with E-state index in [1.807, 2.05) is 4.90 Å². The first-order valence-electron chi connectivity index (χ1n) is 9.32. The van der Waals surface area contributed by atoms with E-state index in [2.05, 4.69) is 15.2 Å². The summed E-state index contributed by atoms with van der Waals surface area (Å²) in [6, 6.07) is 2.72. The second kappa shape index (κ2) is 6.88. The van der Waals surface area contributed by atoms with Crippen molar-refractivity contribution in [2.75, 3.05) is 11.4 Å². The lowest BCUT2D eigenvalue weighted by Crippen LogP contribution is -2.45. The van der Waals surface area contributed by atoms with Gasteiger partial charge in [0.05, 0.1) is 23.4 Å². The molecule has 2 aliphatic rings. The van der Waals surface area contributed by atoms with Gasteiger partial charge in [-0.05, 0) is 50.3 Å². The number of nitrogens with zero attached hydrogens (tertiary/aromatic N) is 4. The van der Waals surface area contributed by atoms with Crippen molar-refractivity contribution >= 4 is 5.95 Å². The van der Waals surface area contributed by atoms with E-state index >= 15 is 0 Å². The van der Waals surface area contributed by atoms with Gasteiger partial charge in [-0.25, -0.2) is 4.98 Å². The van der Waals surface area contributed by atoms with Gasteiger partial charge < -0.3 is 15.1 Å². The molecule has 1 aromatic carbocycles. The molecule has 1 aromatic heterocycles. The average Bonchev–Trinajstić information content (AvgIpc) is 3.07. The van der Waals surface area contributed by atoms with Crippen molar-refractivity contribution in [3.05, 3.63) is 29.5 Å². The van der Waals surface area contributed by atoms with E-state index in [-0.39, 0.29) is 17.3 Å². The number of hydrogen-bond donors (Lipinski definition) is 2. The molecule has 0 unspecified atom stereocenters. The zero-order valence-electron chi connectivity index (χ0n) is 15.3. The van der Waals surface area contributed by atoms with E-state index in [4.69, 9.17) is 0 Å². The molecule has 4 rings (SSSR count).